The third kappa shape index (κ3) is 9.87. The average molecular weight is 734 g/mol. The second-order valence-corrected chi connectivity index (χ2v) is 11.3. The molecule has 0 saturated heterocycles. The van der Waals surface area contributed by atoms with Gasteiger partial charge in [-0.05, 0) is 84.9 Å². The summed E-state index contributed by atoms with van der Waals surface area (Å²) in [6, 6.07) is 28.9. The molecule has 0 unspecified atom stereocenters. The molecule has 12 nitrogen and oxygen atoms in total. The van der Waals surface area contributed by atoms with Gasteiger partial charge in [-0.1, -0.05) is 41.9 Å². The molecule has 5 rings (SSSR count). The Morgan fingerprint density at radius 3 is 1.81 bits per heavy atom. The van der Waals surface area contributed by atoms with Crippen LogP contribution in [0.1, 0.15) is 42.2 Å². The Kier molecular flexibility index (Phi) is 12.6. The summed E-state index contributed by atoms with van der Waals surface area (Å²) < 4.78 is 27.1. The first-order valence-electron chi connectivity index (χ1n) is 15.8. The zero-order valence-corrected chi connectivity index (χ0v) is 29.4. The van der Waals surface area contributed by atoms with Crippen LogP contribution in [0, 0.1) is 0 Å². The number of nitrogens with zero attached hydrogens (tertiary/aromatic N) is 1. The van der Waals surface area contributed by atoms with Gasteiger partial charge in [-0.15, -0.1) is 0 Å². The Morgan fingerprint density at radius 1 is 0.623 bits per heavy atom. The molecular weight excluding hydrogens is 702 g/mol. The van der Waals surface area contributed by atoms with Gasteiger partial charge in [-0.2, -0.15) is 5.10 Å². The Bertz CT molecular complexity index is 2160. The maximum Gasteiger partial charge on any atom is 0.343 e. The van der Waals surface area contributed by atoms with Gasteiger partial charge < -0.3 is 29.0 Å². The molecule has 0 aliphatic heterocycles. The number of hydrogen-bond acceptors (Lipinski definition) is 10. The van der Waals surface area contributed by atoms with Crippen molar-refractivity contribution in [2.45, 2.75) is 0 Å². The van der Waals surface area contributed by atoms with E-state index in [-0.39, 0.29) is 34.5 Å². The first-order valence-corrected chi connectivity index (χ1v) is 16.2. The van der Waals surface area contributed by atoms with Gasteiger partial charge in [-0.3, -0.25) is 9.59 Å². The first-order chi connectivity index (χ1) is 25.7. The standard InChI is InChI=1S/C40H32ClN3O9/c1-49-34-22-29(23-35(50-2)37(34)51-3)40(48)53-32-10-6-4-8-25(32)16-21-36(45)52-33-11-7-5-9-28(33)24-42-44-39(47)27-14-19-31(20-15-27)43-38(46)26-12-17-30(41)18-13-26/h4-24H,1-3H3,(H,43,46)(H,44,47)/b21-16+,42-24+. The highest BCUT2D eigenvalue weighted by molar-refractivity contribution is 6.30. The third-order valence-electron chi connectivity index (χ3n) is 7.43. The van der Waals surface area contributed by atoms with Crippen molar-refractivity contribution in [1.82, 2.24) is 5.43 Å². The normalized spacial score (nSPS) is 10.8. The second kappa shape index (κ2) is 17.8. The van der Waals surface area contributed by atoms with Gasteiger partial charge in [0.05, 0.1) is 33.1 Å². The molecule has 0 aromatic heterocycles. The molecule has 268 valence electrons. The van der Waals surface area contributed by atoms with Gasteiger partial charge in [-0.25, -0.2) is 15.0 Å². The van der Waals surface area contributed by atoms with Crippen LogP contribution in [0.2, 0.25) is 5.02 Å². The third-order valence-corrected chi connectivity index (χ3v) is 7.68. The number of rotatable bonds is 13. The number of nitrogens with one attached hydrogen (secondary N) is 2. The summed E-state index contributed by atoms with van der Waals surface area (Å²) in [6.45, 7) is 0. The summed E-state index contributed by atoms with van der Waals surface area (Å²) >= 11 is 5.88. The number of hydrazone groups is 1. The molecule has 0 spiro atoms. The Labute approximate surface area is 309 Å². The van der Waals surface area contributed by atoms with Crippen LogP contribution in [0.3, 0.4) is 0 Å². The van der Waals surface area contributed by atoms with Crippen molar-refractivity contribution in [1.29, 1.82) is 0 Å². The lowest BCUT2D eigenvalue weighted by atomic mass is 10.1. The summed E-state index contributed by atoms with van der Waals surface area (Å²) in [4.78, 5) is 51.1. The monoisotopic (exact) mass is 733 g/mol. The van der Waals surface area contributed by atoms with Crippen LogP contribution in [-0.2, 0) is 4.79 Å². The fourth-order valence-electron chi connectivity index (χ4n) is 4.78. The minimum atomic E-state index is -0.719. The van der Waals surface area contributed by atoms with Crippen molar-refractivity contribution in [3.8, 4) is 28.7 Å². The van der Waals surface area contributed by atoms with E-state index in [4.69, 9.17) is 35.3 Å². The van der Waals surface area contributed by atoms with E-state index in [2.05, 4.69) is 15.8 Å². The number of para-hydroxylation sites is 2. The molecule has 0 aliphatic rings. The molecule has 53 heavy (non-hydrogen) atoms. The summed E-state index contributed by atoms with van der Waals surface area (Å²) in [5.74, 6) is -0.963. The fraction of sp³-hybridized carbons (Fsp3) is 0.0750. The number of hydrogen-bond donors (Lipinski definition) is 2. The van der Waals surface area contributed by atoms with Crippen molar-refractivity contribution in [3.63, 3.8) is 0 Å². The van der Waals surface area contributed by atoms with Crippen LogP contribution >= 0.6 is 11.6 Å². The molecule has 0 bridgehead atoms. The topological polar surface area (TPSA) is 151 Å². The molecule has 0 saturated carbocycles. The van der Waals surface area contributed by atoms with E-state index >= 15 is 0 Å². The van der Waals surface area contributed by atoms with Crippen LogP contribution in [0.5, 0.6) is 28.7 Å². The van der Waals surface area contributed by atoms with Gasteiger partial charge >= 0.3 is 11.9 Å². The zero-order chi connectivity index (χ0) is 37.7. The smallest absolute Gasteiger partial charge is 0.343 e. The lowest BCUT2D eigenvalue weighted by Crippen LogP contribution is -2.18. The Balaban J connectivity index is 1.19. The van der Waals surface area contributed by atoms with E-state index in [0.717, 1.165) is 0 Å². The fourth-order valence-corrected chi connectivity index (χ4v) is 4.91. The first kappa shape index (κ1) is 37.3. The van der Waals surface area contributed by atoms with Gasteiger partial charge in [0.2, 0.25) is 5.75 Å². The summed E-state index contributed by atoms with van der Waals surface area (Å²) in [5, 5.41) is 7.28. The minimum Gasteiger partial charge on any atom is -0.493 e. The van der Waals surface area contributed by atoms with Crippen molar-refractivity contribution >= 4 is 53.3 Å². The second-order valence-electron chi connectivity index (χ2n) is 10.9. The Hall–Kier alpha value is -6.92. The number of anilines is 1. The van der Waals surface area contributed by atoms with Gasteiger partial charge in [0.1, 0.15) is 11.5 Å². The predicted octanol–water partition coefficient (Wildman–Crippen LogP) is 7.22. The molecular formula is C40H32ClN3O9. The van der Waals surface area contributed by atoms with Crippen LogP contribution in [-0.4, -0.2) is 51.3 Å². The molecule has 2 amide bonds. The maximum atomic E-state index is 13.1. The van der Waals surface area contributed by atoms with E-state index in [1.807, 2.05) is 0 Å². The molecule has 5 aromatic carbocycles. The van der Waals surface area contributed by atoms with Crippen molar-refractivity contribution in [2.24, 2.45) is 5.10 Å². The molecule has 0 aliphatic carbocycles. The predicted molar refractivity (Wildman–Crippen MR) is 200 cm³/mol. The molecule has 2 N–H and O–H groups in total. The van der Waals surface area contributed by atoms with Gasteiger partial charge in [0, 0.05) is 39.0 Å². The van der Waals surface area contributed by atoms with E-state index in [1.165, 1.54) is 64.0 Å². The van der Waals surface area contributed by atoms with Crippen molar-refractivity contribution < 1.29 is 42.9 Å². The quantitative estimate of drug-likeness (QED) is 0.0420. The van der Waals surface area contributed by atoms with E-state index in [0.29, 0.717) is 38.7 Å². The van der Waals surface area contributed by atoms with E-state index in [9.17, 15) is 19.2 Å². The highest BCUT2D eigenvalue weighted by atomic mass is 35.5. The molecule has 5 aromatic rings. The average Bonchev–Trinajstić information content (AvgIpc) is 3.18. The van der Waals surface area contributed by atoms with E-state index < -0.39 is 17.8 Å². The SMILES string of the molecule is COc1cc(C(=O)Oc2ccccc2/C=C/C(=O)Oc2ccccc2/C=N/NC(=O)c2ccc(NC(=O)c3ccc(Cl)cc3)cc2)cc(OC)c1OC. The lowest BCUT2D eigenvalue weighted by molar-refractivity contribution is -0.128. The highest BCUT2D eigenvalue weighted by Crippen LogP contribution is 2.38. The number of amides is 2. The summed E-state index contributed by atoms with van der Waals surface area (Å²) in [5.41, 5.74) is 4.66. The molecule has 0 heterocycles. The van der Waals surface area contributed by atoms with E-state index in [1.54, 1.807) is 84.9 Å². The Morgan fingerprint density at radius 2 is 1.19 bits per heavy atom. The number of ether oxygens (including phenoxy) is 5. The lowest BCUT2D eigenvalue weighted by Gasteiger charge is -2.14. The summed E-state index contributed by atoms with van der Waals surface area (Å²) in [6.07, 6.45) is 3.97. The number of carbonyl (C=O) groups is 4. The molecule has 0 radical (unpaired) electrons. The molecule has 13 heteroatoms. The maximum absolute atomic E-state index is 13.1. The summed E-state index contributed by atoms with van der Waals surface area (Å²) in [7, 11) is 4.33. The van der Waals surface area contributed by atoms with Gasteiger partial charge in [0.15, 0.2) is 11.5 Å². The van der Waals surface area contributed by atoms with Crippen LogP contribution in [0.4, 0.5) is 5.69 Å². The largest absolute Gasteiger partial charge is 0.493 e. The number of methoxy groups -OCH3 is 3. The van der Waals surface area contributed by atoms with Crippen LogP contribution in [0.15, 0.2) is 120 Å². The number of halogens is 1. The van der Waals surface area contributed by atoms with Gasteiger partial charge in [0.25, 0.3) is 11.8 Å². The highest BCUT2D eigenvalue weighted by Gasteiger charge is 2.19. The van der Waals surface area contributed by atoms with Crippen LogP contribution in [0.25, 0.3) is 6.08 Å². The molecule has 0 fully saturated rings. The van der Waals surface area contributed by atoms with Crippen LogP contribution < -0.4 is 34.4 Å². The number of benzene rings is 5. The van der Waals surface area contributed by atoms with Crippen molar-refractivity contribution in [3.05, 3.63) is 148 Å². The molecule has 0 atom stereocenters. The number of esters is 2. The van der Waals surface area contributed by atoms with Crippen molar-refractivity contribution in [2.75, 3.05) is 26.6 Å². The minimum absolute atomic E-state index is 0.154. The zero-order valence-electron chi connectivity index (χ0n) is 28.6. The number of carbonyl (C=O) groups excluding carboxylic acids is 4.